The molecule has 21 heavy (non-hydrogen) atoms. The highest BCUT2D eigenvalue weighted by Gasteiger charge is 2.30. The van der Waals surface area contributed by atoms with Crippen LogP contribution in [0.15, 0.2) is 0 Å². The van der Waals surface area contributed by atoms with Crippen molar-refractivity contribution in [2.45, 2.75) is 25.4 Å². The van der Waals surface area contributed by atoms with Gasteiger partial charge in [-0.05, 0) is 13.8 Å². The summed E-state index contributed by atoms with van der Waals surface area (Å²) in [5.41, 5.74) is 0.0508. The molecule has 0 aliphatic carbocycles. The standard InChI is InChI=1S/C13H25N3O3.2ClH/c1-13(2)10-19-8-6-16(13)5-3-15-12(17)11-9-18-7-4-14-11;;/h11,14H,3-10H2,1-2H3,(H,15,17);2*1H. The molecular weight excluding hydrogens is 317 g/mol. The minimum atomic E-state index is -0.202. The van der Waals surface area contributed by atoms with Crippen molar-refractivity contribution in [1.29, 1.82) is 0 Å². The number of rotatable bonds is 4. The van der Waals surface area contributed by atoms with Gasteiger partial charge in [0.2, 0.25) is 5.91 Å². The first-order valence-corrected chi connectivity index (χ1v) is 7.01. The number of halogens is 2. The lowest BCUT2D eigenvalue weighted by atomic mass is 10.0. The molecule has 2 heterocycles. The van der Waals surface area contributed by atoms with Crippen LogP contribution < -0.4 is 10.6 Å². The maximum Gasteiger partial charge on any atom is 0.239 e. The average molecular weight is 344 g/mol. The van der Waals surface area contributed by atoms with Gasteiger partial charge in [0.05, 0.1) is 26.4 Å². The largest absolute Gasteiger partial charge is 0.378 e. The van der Waals surface area contributed by atoms with E-state index < -0.39 is 0 Å². The highest BCUT2D eigenvalue weighted by molar-refractivity contribution is 5.85. The number of nitrogens with zero attached hydrogens (tertiary/aromatic N) is 1. The monoisotopic (exact) mass is 343 g/mol. The number of carbonyl (C=O) groups is 1. The first-order chi connectivity index (χ1) is 9.09. The quantitative estimate of drug-likeness (QED) is 0.754. The van der Waals surface area contributed by atoms with Crippen LogP contribution in [-0.2, 0) is 14.3 Å². The van der Waals surface area contributed by atoms with Gasteiger partial charge in [-0.3, -0.25) is 9.69 Å². The summed E-state index contributed by atoms with van der Waals surface area (Å²) >= 11 is 0. The third-order valence-corrected chi connectivity index (χ3v) is 3.74. The molecule has 0 aromatic rings. The van der Waals surface area contributed by atoms with Crippen LogP contribution in [0, 0.1) is 0 Å². The molecule has 2 N–H and O–H groups in total. The van der Waals surface area contributed by atoms with Gasteiger partial charge in [0.1, 0.15) is 6.04 Å². The molecule has 0 bridgehead atoms. The summed E-state index contributed by atoms with van der Waals surface area (Å²) in [4.78, 5) is 14.3. The van der Waals surface area contributed by atoms with Gasteiger partial charge in [-0.15, -0.1) is 24.8 Å². The van der Waals surface area contributed by atoms with E-state index in [1.54, 1.807) is 0 Å². The number of ether oxygens (including phenoxy) is 2. The molecule has 0 aromatic carbocycles. The molecule has 1 atom stereocenters. The molecule has 6 nitrogen and oxygen atoms in total. The van der Waals surface area contributed by atoms with Gasteiger partial charge >= 0.3 is 0 Å². The summed E-state index contributed by atoms with van der Waals surface area (Å²) in [5.74, 6) is 0.0331. The smallest absolute Gasteiger partial charge is 0.239 e. The maximum absolute atomic E-state index is 11.9. The van der Waals surface area contributed by atoms with Crippen LogP contribution in [0.1, 0.15) is 13.8 Å². The zero-order valence-corrected chi connectivity index (χ0v) is 14.4. The number of hydrogen-bond donors (Lipinski definition) is 2. The molecule has 2 rings (SSSR count). The summed E-state index contributed by atoms with van der Waals surface area (Å²) in [6.07, 6.45) is 0. The van der Waals surface area contributed by atoms with Crippen molar-refractivity contribution in [2.24, 2.45) is 0 Å². The van der Waals surface area contributed by atoms with Gasteiger partial charge in [0, 0.05) is 31.7 Å². The third kappa shape index (κ3) is 6.26. The predicted octanol–water partition coefficient (Wildman–Crippen LogP) is 0.0454. The van der Waals surface area contributed by atoms with Crippen molar-refractivity contribution < 1.29 is 14.3 Å². The second kappa shape index (κ2) is 9.82. The highest BCUT2D eigenvalue weighted by atomic mass is 35.5. The molecule has 2 aliphatic heterocycles. The van der Waals surface area contributed by atoms with Crippen LogP contribution >= 0.6 is 24.8 Å². The molecule has 1 amide bonds. The van der Waals surface area contributed by atoms with Crippen molar-refractivity contribution in [3.05, 3.63) is 0 Å². The van der Waals surface area contributed by atoms with E-state index in [0.29, 0.717) is 19.8 Å². The Bertz CT molecular complexity index is 313. The molecular formula is C13H27Cl2N3O3. The Morgan fingerprint density at radius 1 is 1.33 bits per heavy atom. The van der Waals surface area contributed by atoms with Gasteiger partial charge in [0.25, 0.3) is 0 Å². The number of nitrogens with one attached hydrogen (secondary N) is 2. The predicted molar refractivity (Wildman–Crippen MR) is 86.6 cm³/mol. The normalized spacial score (nSPS) is 25.3. The molecule has 0 spiro atoms. The fraction of sp³-hybridized carbons (Fsp3) is 0.923. The van der Waals surface area contributed by atoms with Gasteiger partial charge in [-0.25, -0.2) is 0 Å². The van der Waals surface area contributed by atoms with Crippen LogP contribution in [0.3, 0.4) is 0 Å². The molecule has 2 fully saturated rings. The van der Waals surface area contributed by atoms with Crippen LogP contribution in [0.2, 0.25) is 0 Å². The summed E-state index contributed by atoms with van der Waals surface area (Å²) in [7, 11) is 0. The Hall–Kier alpha value is -0.110. The average Bonchev–Trinajstić information content (AvgIpc) is 2.41. The van der Waals surface area contributed by atoms with Gasteiger partial charge in [-0.1, -0.05) is 0 Å². The summed E-state index contributed by atoms with van der Waals surface area (Å²) in [6.45, 7) is 10.2. The molecule has 8 heteroatoms. The van der Waals surface area contributed by atoms with Gasteiger partial charge in [0.15, 0.2) is 0 Å². The van der Waals surface area contributed by atoms with E-state index in [2.05, 4.69) is 29.4 Å². The molecule has 2 saturated heterocycles. The van der Waals surface area contributed by atoms with E-state index in [1.807, 2.05) is 0 Å². The third-order valence-electron chi connectivity index (χ3n) is 3.74. The van der Waals surface area contributed by atoms with E-state index >= 15 is 0 Å². The first-order valence-electron chi connectivity index (χ1n) is 7.01. The molecule has 0 aromatic heterocycles. The minimum Gasteiger partial charge on any atom is -0.378 e. The number of amides is 1. The molecule has 1 unspecified atom stereocenters. The maximum atomic E-state index is 11.9. The van der Waals surface area contributed by atoms with Crippen LogP contribution in [0.5, 0.6) is 0 Å². The van der Waals surface area contributed by atoms with Crippen molar-refractivity contribution in [1.82, 2.24) is 15.5 Å². The zero-order valence-electron chi connectivity index (χ0n) is 12.7. The SMILES string of the molecule is CC1(C)COCCN1CCNC(=O)C1COCCN1.Cl.Cl. The fourth-order valence-electron chi connectivity index (χ4n) is 2.48. The Morgan fingerprint density at radius 2 is 2.10 bits per heavy atom. The summed E-state index contributed by atoms with van der Waals surface area (Å²) in [5, 5.41) is 6.13. The van der Waals surface area contributed by atoms with Crippen LogP contribution in [0.4, 0.5) is 0 Å². The number of carbonyl (C=O) groups excluding carboxylic acids is 1. The van der Waals surface area contributed by atoms with Crippen molar-refractivity contribution in [3.8, 4) is 0 Å². The van der Waals surface area contributed by atoms with Crippen molar-refractivity contribution in [2.75, 3.05) is 52.6 Å². The lowest BCUT2D eigenvalue weighted by Crippen LogP contribution is -2.56. The Morgan fingerprint density at radius 3 is 2.71 bits per heavy atom. The molecule has 0 radical (unpaired) electrons. The second-order valence-corrected chi connectivity index (χ2v) is 5.72. The first kappa shape index (κ1) is 20.9. The summed E-state index contributed by atoms with van der Waals surface area (Å²) < 4.78 is 10.8. The van der Waals surface area contributed by atoms with E-state index in [0.717, 1.165) is 32.8 Å². The van der Waals surface area contributed by atoms with E-state index in [4.69, 9.17) is 9.47 Å². The van der Waals surface area contributed by atoms with E-state index in [1.165, 1.54) is 0 Å². The Labute approximate surface area is 139 Å². The molecule has 0 saturated carbocycles. The van der Waals surface area contributed by atoms with Crippen LogP contribution in [0.25, 0.3) is 0 Å². The molecule has 126 valence electrons. The van der Waals surface area contributed by atoms with E-state index in [-0.39, 0.29) is 42.3 Å². The van der Waals surface area contributed by atoms with E-state index in [9.17, 15) is 4.79 Å². The lowest BCUT2D eigenvalue weighted by Gasteiger charge is -2.42. The number of morpholine rings is 2. The highest BCUT2D eigenvalue weighted by Crippen LogP contribution is 2.17. The van der Waals surface area contributed by atoms with Crippen LogP contribution in [-0.4, -0.2) is 75.0 Å². The number of hydrogen-bond acceptors (Lipinski definition) is 5. The van der Waals surface area contributed by atoms with Gasteiger partial charge < -0.3 is 20.1 Å². The summed E-state index contributed by atoms with van der Waals surface area (Å²) in [6, 6.07) is -0.202. The van der Waals surface area contributed by atoms with Crippen molar-refractivity contribution >= 4 is 30.7 Å². The Balaban J connectivity index is 0.00000200. The topological polar surface area (TPSA) is 62.8 Å². The lowest BCUT2D eigenvalue weighted by molar-refractivity contribution is -0.126. The second-order valence-electron chi connectivity index (χ2n) is 5.72. The van der Waals surface area contributed by atoms with Gasteiger partial charge in [-0.2, -0.15) is 0 Å². The van der Waals surface area contributed by atoms with Crippen molar-refractivity contribution in [3.63, 3.8) is 0 Å². The zero-order chi connectivity index (χ0) is 13.7. The minimum absolute atomic E-state index is 0. The molecule has 2 aliphatic rings. The fourth-order valence-corrected chi connectivity index (χ4v) is 2.48. The Kier molecular flexibility index (Phi) is 9.76.